The fraction of sp³-hybridized carbons (Fsp3) is 0.273. The van der Waals surface area contributed by atoms with Crippen LogP contribution >= 0.6 is 0 Å². The molecule has 0 saturated heterocycles. The molecule has 148 valence electrons. The first-order valence-corrected chi connectivity index (χ1v) is 9.82. The van der Waals surface area contributed by atoms with Crippen molar-refractivity contribution in [1.82, 2.24) is 24.8 Å². The Bertz CT molecular complexity index is 1150. The summed E-state index contributed by atoms with van der Waals surface area (Å²) in [4.78, 5) is 24.5. The molecule has 0 spiro atoms. The molecule has 0 aliphatic carbocycles. The first-order chi connectivity index (χ1) is 14.2. The van der Waals surface area contributed by atoms with E-state index in [0.717, 1.165) is 58.2 Å². The molecule has 0 saturated carbocycles. The average Bonchev–Trinajstić information content (AvgIpc) is 3.10. The maximum Gasteiger partial charge on any atom is 0.404 e. The maximum atomic E-state index is 10.9. The number of unbranched alkanes of at least 4 members (excludes halogenated alkanes) is 1. The Hall–Kier alpha value is -3.48. The molecule has 0 unspecified atom stereocenters. The van der Waals surface area contributed by atoms with Crippen molar-refractivity contribution >= 4 is 28.0 Å². The van der Waals surface area contributed by atoms with E-state index >= 15 is 0 Å². The zero-order valence-electron chi connectivity index (χ0n) is 16.3. The molecular weight excluding hydrogens is 366 g/mol. The Morgan fingerprint density at radius 2 is 2.07 bits per heavy atom. The van der Waals surface area contributed by atoms with Crippen molar-refractivity contribution in [3.63, 3.8) is 0 Å². The van der Waals surface area contributed by atoms with Gasteiger partial charge in [0.05, 0.1) is 17.2 Å². The quantitative estimate of drug-likeness (QED) is 0.493. The second kappa shape index (κ2) is 8.26. The van der Waals surface area contributed by atoms with Gasteiger partial charge in [-0.3, -0.25) is 9.97 Å². The number of hydrogen-bond donors (Lipinski definition) is 2. The molecule has 29 heavy (non-hydrogen) atoms. The van der Waals surface area contributed by atoms with E-state index in [2.05, 4.69) is 45.0 Å². The van der Waals surface area contributed by atoms with Gasteiger partial charge in [-0.15, -0.1) is 0 Å². The van der Waals surface area contributed by atoms with E-state index in [-0.39, 0.29) is 0 Å². The summed E-state index contributed by atoms with van der Waals surface area (Å²) < 4.78 is 2.13. The summed E-state index contributed by atoms with van der Waals surface area (Å²) in [5, 5.41) is 12.4. The highest BCUT2D eigenvalue weighted by molar-refractivity contribution is 6.03. The molecule has 4 rings (SSSR count). The minimum atomic E-state index is -1.02. The molecule has 1 amide bonds. The number of fused-ring (bicyclic) bond motifs is 3. The van der Waals surface area contributed by atoms with Crippen LogP contribution in [0.2, 0.25) is 0 Å². The summed E-state index contributed by atoms with van der Waals surface area (Å²) >= 11 is 0. The van der Waals surface area contributed by atoms with Gasteiger partial charge in [-0.25, -0.2) is 9.78 Å². The number of nitrogens with one attached hydrogen (secondary N) is 1. The Kier molecular flexibility index (Phi) is 5.37. The summed E-state index contributed by atoms with van der Waals surface area (Å²) in [6.45, 7) is 3.01. The zero-order chi connectivity index (χ0) is 20.2. The molecular formula is C22H23N5O2. The third kappa shape index (κ3) is 3.89. The summed E-state index contributed by atoms with van der Waals surface area (Å²) in [7, 11) is 0. The third-order valence-electron chi connectivity index (χ3n) is 5.01. The summed E-state index contributed by atoms with van der Waals surface area (Å²) in [6, 6.07) is 10.1. The van der Waals surface area contributed by atoms with Gasteiger partial charge in [0, 0.05) is 42.9 Å². The molecule has 4 aromatic rings. The highest BCUT2D eigenvalue weighted by Gasteiger charge is 2.15. The van der Waals surface area contributed by atoms with Gasteiger partial charge in [-0.05, 0) is 24.1 Å². The number of carbonyl (C=O) groups is 1. The predicted octanol–water partition coefficient (Wildman–Crippen LogP) is 4.26. The smallest absolute Gasteiger partial charge is 0.404 e. The molecule has 3 heterocycles. The number of benzene rings is 1. The first-order valence-electron chi connectivity index (χ1n) is 9.82. The number of amides is 1. The highest BCUT2D eigenvalue weighted by atomic mass is 16.4. The summed E-state index contributed by atoms with van der Waals surface area (Å²) in [5.41, 5.74) is 4.83. The number of imidazole rings is 1. The summed E-state index contributed by atoms with van der Waals surface area (Å²) in [5.74, 6) is 0.972. The van der Waals surface area contributed by atoms with Gasteiger partial charge in [0.1, 0.15) is 11.3 Å². The van der Waals surface area contributed by atoms with Crippen molar-refractivity contribution in [2.24, 2.45) is 0 Å². The number of carboxylic acid groups (broad SMARTS) is 1. The fourth-order valence-corrected chi connectivity index (χ4v) is 3.62. The van der Waals surface area contributed by atoms with Crippen molar-refractivity contribution in [2.45, 2.75) is 32.7 Å². The van der Waals surface area contributed by atoms with Crippen molar-refractivity contribution in [1.29, 1.82) is 0 Å². The Morgan fingerprint density at radius 3 is 2.83 bits per heavy atom. The molecule has 3 aromatic heterocycles. The van der Waals surface area contributed by atoms with Crippen LogP contribution in [0.3, 0.4) is 0 Å². The molecule has 7 heteroatoms. The van der Waals surface area contributed by atoms with E-state index in [1.54, 1.807) is 12.4 Å². The van der Waals surface area contributed by atoms with Crippen LogP contribution in [0.4, 0.5) is 4.79 Å². The Balaban J connectivity index is 1.82. The third-order valence-corrected chi connectivity index (χ3v) is 5.01. The molecule has 7 nitrogen and oxygen atoms in total. The van der Waals surface area contributed by atoms with Gasteiger partial charge in [0.25, 0.3) is 0 Å². The first kappa shape index (κ1) is 18.9. The van der Waals surface area contributed by atoms with E-state index in [0.29, 0.717) is 13.1 Å². The minimum absolute atomic E-state index is 0.331. The number of aromatic nitrogens is 4. The standard InChI is InChI=1S/C22H23N5O2/c1-2-3-6-20-26-19-14-25-18-12-15(16-5-4-9-23-13-16)7-8-17(18)21(19)27(20)11-10-24-22(28)29/h4-5,7-9,12-14,24H,2-3,6,10-11H2,1H3,(H,28,29). The van der Waals surface area contributed by atoms with Crippen molar-refractivity contribution < 1.29 is 9.90 Å². The highest BCUT2D eigenvalue weighted by Crippen LogP contribution is 2.29. The predicted molar refractivity (Wildman–Crippen MR) is 113 cm³/mol. The van der Waals surface area contributed by atoms with Gasteiger partial charge in [0.2, 0.25) is 0 Å². The SMILES string of the molecule is CCCCc1nc2cnc3cc(-c4cccnc4)ccc3c2n1CCNC(=O)O. The second-order valence-electron chi connectivity index (χ2n) is 6.98. The lowest BCUT2D eigenvalue weighted by molar-refractivity contribution is 0.194. The average molecular weight is 389 g/mol. The molecule has 0 radical (unpaired) electrons. The number of rotatable bonds is 7. The largest absolute Gasteiger partial charge is 0.465 e. The molecule has 0 atom stereocenters. The number of nitrogens with zero attached hydrogens (tertiary/aromatic N) is 4. The molecule has 1 aromatic carbocycles. The van der Waals surface area contributed by atoms with Crippen molar-refractivity contribution in [3.05, 3.63) is 54.7 Å². The molecule has 0 aliphatic heterocycles. The maximum absolute atomic E-state index is 10.9. The van der Waals surface area contributed by atoms with Crippen molar-refractivity contribution in [2.75, 3.05) is 6.54 Å². The molecule has 0 fully saturated rings. The second-order valence-corrected chi connectivity index (χ2v) is 6.98. The van der Waals surface area contributed by atoms with Crippen LogP contribution in [0.15, 0.2) is 48.9 Å². The Labute approximate surface area is 168 Å². The van der Waals surface area contributed by atoms with Crippen LogP contribution in [0.5, 0.6) is 0 Å². The topological polar surface area (TPSA) is 92.9 Å². The summed E-state index contributed by atoms with van der Waals surface area (Å²) in [6.07, 6.45) is 7.35. The lowest BCUT2D eigenvalue weighted by Gasteiger charge is -2.11. The Morgan fingerprint density at radius 1 is 1.17 bits per heavy atom. The van der Waals surface area contributed by atoms with Crippen LogP contribution in [0.25, 0.3) is 33.1 Å². The van der Waals surface area contributed by atoms with E-state index in [1.165, 1.54) is 0 Å². The minimum Gasteiger partial charge on any atom is -0.465 e. The van der Waals surface area contributed by atoms with Crippen LogP contribution in [-0.2, 0) is 13.0 Å². The lowest BCUT2D eigenvalue weighted by atomic mass is 10.0. The van der Waals surface area contributed by atoms with Gasteiger partial charge < -0.3 is 15.0 Å². The lowest BCUT2D eigenvalue weighted by Crippen LogP contribution is -2.25. The molecule has 0 bridgehead atoms. The normalized spacial score (nSPS) is 11.2. The van der Waals surface area contributed by atoms with Crippen LogP contribution in [-0.4, -0.2) is 37.3 Å². The van der Waals surface area contributed by atoms with Crippen LogP contribution in [0, 0.1) is 0 Å². The van der Waals surface area contributed by atoms with Gasteiger partial charge in [-0.2, -0.15) is 0 Å². The van der Waals surface area contributed by atoms with Gasteiger partial charge in [-0.1, -0.05) is 31.5 Å². The van der Waals surface area contributed by atoms with Gasteiger partial charge in [0.15, 0.2) is 0 Å². The van der Waals surface area contributed by atoms with Gasteiger partial charge >= 0.3 is 6.09 Å². The number of hydrogen-bond acceptors (Lipinski definition) is 4. The molecule has 2 N–H and O–H groups in total. The zero-order valence-corrected chi connectivity index (χ0v) is 16.3. The van der Waals surface area contributed by atoms with E-state index in [9.17, 15) is 4.79 Å². The molecule has 0 aliphatic rings. The van der Waals surface area contributed by atoms with E-state index < -0.39 is 6.09 Å². The number of pyridine rings is 2. The monoisotopic (exact) mass is 389 g/mol. The van der Waals surface area contributed by atoms with Crippen LogP contribution in [0.1, 0.15) is 25.6 Å². The van der Waals surface area contributed by atoms with E-state index in [4.69, 9.17) is 10.1 Å². The number of aryl methyl sites for hydroxylation is 1. The fourth-order valence-electron chi connectivity index (χ4n) is 3.62. The van der Waals surface area contributed by atoms with E-state index in [1.807, 2.05) is 18.3 Å². The van der Waals surface area contributed by atoms with Crippen LogP contribution < -0.4 is 5.32 Å². The van der Waals surface area contributed by atoms with Crippen molar-refractivity contribution in [3.8, 4) is 11.1 Å².